The number of aryl methyl sites for hydroxylation is 1. The monoisotopic (exact) mass is 346 g/mol. The Labute approximate surface area is 148 Å². The van der Waals surface area contributed by atoms with Gasteiger partial charge >= 0.3 is 5.97 Å². The molecule has 5 nitrogen and oxygen atoms in total. The first-order valence-corrected chi connectivity index (χ1v) is 9.03. The van der Waals surface area contributed by atoms with Crippen LogP contribution in [0.5, 0.6) is 0 Å². The summed E-state index contributed by atoms with van der Waals surface area (Å²) >= 11 is 0. The predicted octanol–water partition coefficient (Wildman–Crippen LogP) is 3.24. The van der Waals surface area contributed by atoms with E-state index in [2.05, 4.69) is 13.8 Å². The number of allylic oxidation sites excluding steroid dienone is 1. The molecule has 1 saturated carbocycles. The van der Waals surface area contributed by atoms with Gasteiger partial charge in [-0.1, -0.05) is 19.9 Å². The van der Waals surface area contributed by atoms with E-state index in [1.165, 1.54) is 0 Å². The van der Waals surface area contributed by atoms with E-state index in [1.54, 1.807) is 19.3 Å². The van der Waals surface area contributed by atoms with Crippen LogP contribution in [0.25, 0.3) is 0 Å². The minimum atomic E-state index is -0.767. The van der Waals surface area contributed by atoms with Crippen molar-refractivity contribution in [2.24, 2.45) is 11.3 Å². The van der Waals surface area contributed by atoms with Gasteiger partial charge < -0.3 is 19.0 Å². The molecule has 2 heterocycles. The summed E-state index contributed by atoms with van der Waals surface area (Å²) in [5.41, 5.74) is 1.80. The zero-order valence-corrected chi connectivity index (χ0v) is 15.5. The van der Waals surface area contributed by atoms with Crippen LogP contribution in [0.3, 0.4) is 0 Å². The normalized spacial score (nSPS) is 42.2. The van der Waals surface area contributed by atoms with Gasteiger partial charge in [0, 0.05) is 23.3 Å². The van der Waals surface area contributed by atoms with Crippen molar-refractivity contribution in [3.63, 3.8) is 0 Å². The first kappa shape index (κ1) is 16.9. The fourth-order valence-electron chi connectivity index (χ4n) is 4.97. The Kier molecular flexibility index (Phi) is 3.51. The molecule has 2 fully saturated rings. The summed E-state index contributed by atoms with van der Waals surface area (Å²) < 4.78 is 17.5. The van der Waals surface area contributed by atoms with E-state index in [0.29, 0.717) is 17.8 Å². The lowest BCUT2D eigenvalue weighted by molar-refractivity contribution is -0.157. The Balaban J connectivity index is 1.69. The second-order valence-electron chi connectivity index (χ2n) is 8.10. The number of carbonyl (C=O) groups excluding carboxylic acids is 1. The third kappa shape index (κ3) is 1.99. The van der Waals surface area contributed by atoms with Crippen LogP contribution in [-0.2, 0) is 20.7 Å². The molecule has 1 N–H and O–H groups in total. The molecule has 1 aliphatic heterocycles. The molecule has 0 bridgehead atoms. The van der Waals surface area contributed by atoms with E-state index in [-0.39, 0.29) is 29.5 Å². The van der Waals surface area contributed by atoms with Gasteiger partial charge in [0.2, 0.25) is 0 Å². The van der Waals surface area contributed by atoms with E-state index in [0.717, 1.165) is 17.5 Å². The van der Waals surface area contributed by atoms with E-state index in [4.69, 9.17) is 13.9 Å². The van der Waals surface area contributed by atoms with Crippen LogP contribution in [-0.4, -0.2) is 28.9 Å². The van der Waals surface area contributed by atoms with Gasteiger partial charge in [0.25, 0.3) is 0 Å². The van der Waals surface area contributed by atoms with Crippen molar-refractivity contribution in [3.8, 4) is 0 Å². The van der Waals surface area contributed by atoms with Crippen molar-refractivity contribution in [2.75, 3.05) is 0 Å². The smallest absolute Gasteiger partial charge is 0.333 e. The number of hydrogen-bond acceptors (Lipinski definition) is 5. The quantitative estimate of drug-likeness (QED) is 0.506. The summed E-state index contributed by atoms with van der Waals surface area (Å²) in [6.45, 7) is 9.86. The number of esters is 1. The summed E-state index contributed by atoms with van der Waals surface area (Å²) in [7, 11) is 0. The lowest BCUT2D eigenvalue weighted by Gasteiger charge is -2.50. The summed E-state index contributed by atoms with van der Waals surface area (Å²) in [4.78, 5) is 12.3. The van der Waals surface area contributed by atoms with Crippen molar-refractivity contribution in [3.05, 3.63) is 34.8 Å². The minimum absolute atomic E-state index is 0.0666. The highest BCUT2D eigenvalue weighted by atomic mass is 16.6. The largest absolute Gasteiger partial charge is 0.466 e. The predicted molar refractivity (Wildman–Crippen MR) is 90.9 cm³/mol. The summed E-state index contributed by atoms with van der Waals surface area (Å²) in [5, 5.41) is 11.0. The molecule has 5 heteroatoms. The zero-order valence-electron chi connectivity index (χ0n) is 15.5. The van der Waals surface area contributed by atoms with E-state index in [9.17, 15) is 9.90 Å². The minimum Gasteiger partial charge on any atom is -0.466 e. The number of epoxide rings is 1. The number of hydrogen-bond donors (Lipinski definition) is 1. The highest BCUT2D eigenvalue weighted by Crippen LogP contribution is 2.69. The van der Waals surface area contributed by atoms with Crippen molar-refractivity contribution in [1.29, 1.82) is 0 Å². The molecule has 1 aromatic rings. The van der Waals surface area contributed by atoms with Gasteiger partial charge in [0.1, 0.15) is 23.6 Å². The van der Waals surface area contributed by atoms with Gasteiger partial charge in [-0.2, -0.15) is 0 Å². The SMILES string of the molecule is C/C=C(/C)C(=O)O[C@H]1C[C@H]2O[C@]23[C@@H](O)c2occ(C)c2C[C@]3(C)[C@H]1C. The van der Waals surface area contributed by atoms with Crippen molar-refractivity contribution >= 4 is 5.97 Å². The van der Waals surface area contributed by atoms with Gasteiger partial charge in [-0.15, -0.1) is 0 Å². The average Bonchev–Trinajstić information content (AvgIpc) is 3.22. The van der Waals surface area contributed by atoms with Gasteiger partial charge in [0.15, 0.2) is 0 Å². The molecule has 1 aromatic heterocycles. The highest BCUT2D eigenvalue weighted by molar-refractivity contribution is 5.87. The average molecular weight is 346 g/mol. The van der Waals surface area contributed by atoms with Crippen LogP contribution < -0.4 is 0 Å². The maximum absolute atomic E-state index is 12.3. The Morgan fingerprint density at radius 3 is 2.88 bits per heavy atom. The number of furan rings is 1. The zero-order chi connectivity index (χ0) is 18.1. The molecule has 2 aliphatic carbocycles. The van der Waals surface area contributed by atoms with Crippen molar-refractivity contribution in [1.82, 2.24) is 0 Å². The molecular formula is C20H26O5. The third-order valence-electron chi connectivity index (χ3n) is 7.01. The molecule has 1 spiro atoms. The van der Waals surface area contributed by atoms with Crippen LogP contribution in [0, 0.1) is 18.3 Å². The molecule has 6 atom stereocenters. The summed E-state index contributed by atoms with van der Waals surface area (Å²) in [6.07, 6.45) is 3.76. The van der Waals surface area contributed by atoms with E-state index < -0.39 is 11.7 Å². The van der Waals surface area contributed by atoms with Gasteiger partial charge in [-0.05, 0) is 38.3 Å². The second-order valence-corrected chi connectivity index (χ2v) is 8.10. The second kappa shape index (κ2) is 5.21. The van der Waals surface area contributed by atoms with Gasteiger partial charge in [0.05, 0.1) is 12.4 Å². The van der Waals surface area contributed by atoms with Crippen molar-refractivity contribution < 1.29 is 23.8 Å². The van der Waals surface area contributed by atoms with Crippen LogP contribution in [0.1, 0.15) is 57.1 Å². The molecule has 25 heavy (non-hydrogen) atoms. The summed E-state index contributed by atoms with van der Waals surface area (Å²) in [5.74, 6) is 0.439. The van der Waals surface area contributed by atoms with Crippen LogP contribution in [0.2, 0.25) is 0 Å². The fourth-order valence-corrected chi connectivity index (χ4v) is 4.97. The number of aliphatic hydroxyl groups is 1. The number of aliphatic hydroxyl groups excluding tert-OH is 1. The molecule has 0 amide bonds. The molecule has 136 valence electrons. The number of carbonyl (C=O) groups is 1. The fraction of sp³-hybridized carbons (Fsp3) is 0.650. The Bertz CT molecular complexity index is 762. The maximum Gasteiger partial charge on any atom is 0.333 e. The van der Waals surface area contributed by atoms with E-state index >= 15 is 0 Å². The van der Waals surface area contributed by atoms with Gasteiger partial charge in [-0.25, -0.2) is 4.79 Å². The molecule has 3 aliphatic rings. The maximum atomic E-state index is 12.3. The summed E-state index contributed by atoms with van der Waals surface area (Å²) in [6, 6.07) is 0. The van der Waals surface area contributed by atoms with Gasteiger partial charge in [-0.3, -0.25) is 0 Å². The van der Waals surface area contributed by atoms with Crippen molar-refractivity contribution in [2.45, 2.75) is 71.4 Å². The molecule has 4 rings (SSSR count). The Morgan fingerprint density at radius 1 is 1.48 bits per heavy atom. The molecule has 0 unspecified atom stereocenters. The topological polar surface area (TPSA) is 72.2 Å². The standard InChI is InChI=1S/C20H26O5/c1-6-10(2)18(22)24-14-7-15-20(25-15)17(21)16-13(11(3)9-23-16)8-19(20,5)12(14)4/h6,9,12,14-15,17,21H,7-8H2,1-5H3/b10-6-/t12-,14-,15+,17-,19+,20-/m0/s1. The first-order valence-electron chi connectivity index (χ1n) is 9.03. The molecule has 1 saturated heterocycles. The molecule has 0 radical (unpaired) electrons. The van der Waals surface area contributed by atoms with Crippen LogP contribution in [0.4, 0.5) is 0 Å². The van der Waals surface area contributed by atoms with E-state index in [1.807, 2.05) is 13.8 Å². The first-order chi connectivity index (χ1) is 11.8. The lowest BCUT2D eigenvalue weighted by atomic mass is 9.53. The lowest BCUT2D eigenvalue weighted by Crippen LogP contribution is -2.58. The number of fused-ring (bicyclic) bond motifs is 1. The highest BCUT2D eigenvalue weighted by Gasteiger charge is 2.78. The molecular weight excluding hydrogens is 320 g/mol. The Morgan fingerprint density at radius 2 is 2.20 bits per heavy atom. The third-order valence-corrected chi connectivity index (χ3v) is 7.01. The number of ether oxygens (including phenoxy) is 2. The molecule has 0 aromatic carbocycles. The van der Waals surface area contributed by atoms with Crippen LogP contribution >= 0.6 is 0 Å². The van der Waals surface area contributed by atoms with Crippen LogP contribution in [0.15, 0.2) is 22.3 Å². The Hall–Kier alpha value is -1.59. The number of rotatable bonds is 2.